The van der Waals surface area contributed by atoms with Crippen molar-refractivity contribution in [3.05, 3.63) is 34.3 Å². The van der Waals surface area contributed by atoms with E-state index in [1.165, 1.54) is 18.5 Å². The second-order valence-corrected chi connectivity index (χ2v) is 6.30. The molecule has 0 saturated carbocycles. The number of carboxylic acids is 1. The summed E-state index contributed by atoms with van der Waals surface area (Å²) in [4.78, 5) is 12.9. The van der Waals surface area contributed by atoms with Crippen molar-refractivity contribution in [2.24, 2.45) is 0 Å². The van der Waals surface area contributed by atoms with Crippen LogP contribution in [0.15, 0.2) is 28.7 Å². The van der Waals surface area contributed by atoms with Crippen LogP contribution in [0.2, 0.25) is 0 Å². The number of benzene rings is 1. The second kappa shape index (κ2) is 5.37. The molecule has 102 valence electrons. The van der Waals surface area contributed by atoms with Gasteiger partial charge >= 0.3 is 5.97 Å². The molecule has 0 amide bonds. The molecule has 4 heteroatoms. The van der Waals surface area contributed by atoms with Crippen LogP contribution in [0.3, 0.4) is 0 Å². The zero-order chi connectivity index (χ0) is 14.0. The quantitative estimate of drug-likeness (QED) is 0.857. The molecule has 1 aromatic carbocycles. The molecule has 0 aromatic heterocycles. The van der Waals surface area contributed by atoms with Gasteiger partial charge in [0.1, 0.15) is 0 Å². The molecule has 0 radical (unpaired) electrons. The predicted octanol–water partition coefficient (Wildman–Crippen LogP) is 3.93. The van der Waals surface area contributed by atoms with Crippen molar-refractivity contribution in [1.82, 2.24) is 0 Å². The van der Waals surface area contributed by atoms with Crippen LogP contribution >= 0.6 is 15.9 Å². The van der Waals surface area contributed by atoms with Crippen LogP contribution in [-0.4, -0.2) is 23.2 Å². The maximum atomic E-state index is 10.5. The molecule has 0 atom stereocenters. The Morgan fingerprint density at radius 2 is 2.21 bits per heavy atom. The van der Waals surface area contributed by atoms with Crippen LogP contribution in [0.1, 0.15) is 32.3 Å². The van der Waals surface area contributed by atoms with Crippen LogP contribution in [0.25, 0.3) is 6.08 Å². The van der Waals surface area contributed by atoms with Gasteiger partial charge in [0.2, 0.25) is 0 Å². The standard InChI is InChI=1S/C15H18BrNO2/c1-15(2)8-3-9-17(15)13-6-4-11(10-12(13)16)5-7-14(18)19/h4-7,10H,3,8-9H2,1-2H3,(H,18,19)/b7-5+. The zero-order valence-electron chi connectivity index (χ0n) is 11.2. The Morgan fingerprint density at radius 1 is 1.47 bits per heavy atom. The lowest BCUT2D eigenvalue weighted by atomic mass is 10.0. The maximum absolute atomic E-state index is 10.5. The van der Waals surface area contributed by atoms with E-state index in [4.69, 9.17) is 5.11 Å². The van der Waals surface area contributed by atoms with E-state index in [1.807, 2.05) is 12.1 Å². The van der Waals surface area contributed by atoms with Crippen molar-refractivity contribution in [3.8, 4) is 0 Å². The number of carboxylic acid groups (broad SMARTS) is 1. The minimum absolute atomic E-state index is 0.181. The Balaban J connectivity index is 2.27. The number of nitrogens with zero attached hydrogens (tertiary/aromatic N) is 1. The van der Waals surface area contributed by atoms with Crippen molar-refractivity contribution in [1.29, 1.82) is 0 Å². The first kappa shape index (κ1) is 14.1. The smallest absolute Gasteiger partial charge is 0.328 e. The highest BCUT2D eigenvalue weighted by Gasteiger charge is 2.32. The van der Waals surface area contributed by atoms with Crippen LogP contribution in [0, 0.1) is 0 Å². The number of hydrogen-bond acceptors (Lipinski definition) is 2. The molecule has 1 fully saturated rings. The maximum Gasteiger partial charge on any atom is 0.328 e. The molecule has 19 heavy (non-hydrogen) atoms. The Labute approximate surface area is 122 Å². The molecule has 1 saturated heterocycles. The molecular weight excluding hydrogens is 306 g/mol. The van der Waals surface area contributed by atoms with E-state index in [0.717, 1.165) is 22.7 Å². The third-order valence-corrected chi connectivity index (χ3v) is 4.22. The first-order valence-electron chi connectivity index (χ1n) is 6.38. The molecule has 1 aliphatic heterocycles. The summed E-state index contributed by atoms with van der Waals surface area (Å²) in [5.41, 5.74) is 2.24. The summed E-state index contributed by atoms with van der Waals surface area (Å²) in [5, 5.41) is 8.63. The molecule has 1 aromatic rings. The van der Waals surface area contributed by atoms with Crippen molar-refractivity contribution in [3.63, 3.8) is 0 Å². The summed E-state index contributed by atoms with van der Waals surface area (Å²) < 4.78 is 1.01. The molecule has 3 nitrogen and oxygen atoms in total. The third-order valence-electron chi connectivity index (χ3n) is 3.58. The average molecular weight is 324 g/mol. The van der Waals surface area contributed by atoms with Crippen molar-refractivity contribution in [2.45, 2.75) is 32.2 Å². The van der Waals surface area contributed by atoms with Crippen molar-refractivity contribution in [2.75, 3.05) is 11.4 Å². The highest BCUT2D eigenvalue weighted by molar-refractivity contribution is 9.10. The van der Waals surface area contributed by atoms with E-state index in [9.17, 15) is 4.79 Å². The van der Waals surface area contributed by atoms with Gasteiger partial charge in [0.05, 0.1) is 5.69 Å². The van der Waals surface area contributed by atoms with E-state index in [-0.39, 0.29) is 5.54 Å². The topological polar surface area (TPSA) is 40.5 Å². The summed E-state index contributed by atoms with van der Waals surface area (Å²) in [6.07, 6.45) is 5.16. The molecular formula is C15H18BrNO2. The minimum Gasteiger partial charge on any atom is -0.478 e. The summed E-state index contributed by atoms with van der Waals surface area (Å²) in [6, 6.07) is 5.97. The first-order chi connectivity index (χ1) is 8.90. The van der Waals surface area contributed by atoms with Gasteiger partial charge in [-0.25, -0.2) is 4.79 Å². The number of rotatable bonds is 3. The van der Waals surface area contributed by atoms with E-state index in [2.05, 4.69) is 40.7 Å². The van der Waals surface area contributed by atoms with Gasteiger partial charge in [-0.1, -0.05) is 6.07 Å². The molecule has 1 aliphatic rings. The van der Waals surface area contributed by atoms with E-state index < -0.39 is 5.97 Å². The lowest BCUT2D eigenvalue weighted by molar-refractivity contribution is -0.131. The zero-order valence-corrected chi connectivity index (χ0v) is 12.8. The van der Waals surface area contributed by atoms with Crippen LogP contribution in [-0.2, 0) is 4.79 Å². The summed E-state index contributed by atoms with van der Waals surface area (Å²) in [6.45, 7) is 5.57. The normalized spacial score (nSPS) is 18.2. The number of anilines is 1. The molecule has 0 unspecified atom stereocenters. The summed E-state index contributed by atoms with van der Waals surface area (Å²) >= 11 is 3.59. The molecule has 0 bridgehead atoms. The lowest BCUT2D eigenvalue weighted by Crippen LogP contribution is -2.38. The SMILES string of the molecule is CC1(C)CCCN1c1ccc(/C=C/C(=O)O)cc1Br. The summed E-state index contributed by atoms with van der Waals surface area (Å²) in [5.74, 6) is -0.930. The van der Waals surface area contributed by atoms with Crippen LogP contribution < -0.4 is 4.90 Å². The highest BCUT2D eigenvalue weighted by atomic mass is 79.9. The van der Waals surface area contributed by atoms with E-state index in [1.54, 1.807) is 6.08 Å². The van der Waals surface area contributed by atoms with Crippen molar-refractivity contribution < 1.29 is 9.90 Å². The monoisotopic (exact) mass is 323 g/mol. The molecule has 0 aliphatic carbocycles. The van der Waals surface area contributed by atoms with Gasteiger partial charge in [-0.3, -0.25) is 0 Å². The fraction of sp³-hybridized carbons (Fsp3) is 0.400. The highest BCUT2D eigenvalue weighted by Crippen LogP contribution is 2.38. The van der Waals surface area contributed by atoms with Gasteiger partial charge < -0.3 is 10.0 Å². The molecule has 1 N–H and O–H groups in total. The van der Waals surface area contributed by atoms with E-state index >= 15 is 0 Å². The van der Waals surface area contributed by atoms with Crippen LogP contribution in [0.5, 0.6) is 0 Å². The van der Waals surface area contributed by atoms with Gasteiger partial charge in [-0.15, -0.1) is 0 Å². The van der Waals surface area contributed by atoms with Gasteiger partial charge in [0.15, 0.2) is 0 Å². The Kier molecular flexibility index (Phi) is 3.99. The van der Waals surface area contributed by atoms with Gasteiger partial charge in [0.25, 0.3) is 0 Å². The Bertz CT molecular complexity index is 523. The summed E-state index contributed by atoms with van der Waals surface area (Å²) in [7, 11) is 0. The fourth-order valence-corrected chi connectivity index (χ4v) is 3.18. The lowest BCUT2D eigenvalue weighted by Gasteiger charge is -2.34. The number of carbonyl (C=O) groups is 1. The predicted molar refractivity (Wildman–Crippen MR) is 81.5 cm³/mol. The molecule has 0 spiro atoms. The third kappa shape index (κ3) is 3.18. The Morgan fingerprint density at radius 3 is 2.74 bits per heavy atom. The number of aliphatic carboxylic acids is 1. The van der Waals surface area contributed by atoms with Gasteiger partial charge in [-0.2, -0.15) is 0 Å². The Hall–Kier alpha value is -1.29. The van der Waals surface area contributed by atoms with Gasteiger partial charge in [-0.05, 0) is 66.4 Å². The van der Waals surface area contributed by atoms with Gasteiger partial charge in [0, 0.05) is 22.6 Å². The van der Waals surface area contributed by atoms with Crippen LogP contribution in [0.4, 0.5) is 5.69 Å². The fourth-order valence-electron chi connectivity index (χ4n) is 2.57. The minimum atomic E-state index is -0.930. The second-order valence-electron chi connectivity index (χ2n) is 5.45. The number of halogens is 1. The molecule has 2 rings (SSSR count). The average Bonchev–Trinajstić information content (AvgIpc) is 2.66. The first-order valence-corrected chi connectivity index (χ1v) is 7.18. The van der Waals surface area contributed by atoms with Crippen molar-refractivity contribution >= 4 is 33.7 Å². The molecule has 1 heterocycles. The largest absolute Gasteiger partial charge is 0.478 e. The number of hydrogen-bond donors (Lipinski definition) is 1. The van der Waals surface area contributed by atoms with E-state index in [0.29, 0.717) is 0 Å².